The smallest absolute Gasteiger partial charge is 0.161 e. The van der Waals surface area contributed by atoms with E-state index in [4.69, 9.17) is 14.4 Å². The molecule has 0 aliphatic rings. The summed E-state index contributed by atoms with van der Waals surface area (Å²) in [5, 5.41) is 4.43. The molecule has 0 aliphatic heterocycles. The highest BCUT2D eigenvalue weighted by molar-refractivity contribution is 6.14. The first-order chi connectivity index (χ1) is 27.7. The highest BCUT2D eigenvalue weighted by Crippen LogP contribution is 2.41. The van der Waals surface area contributed by atoms with Gasteiger partial charge in [-0.25, -0.2) is 9.97 Å². The first-order valence-electron chi connectivity index (χ1n) is 18.9. The van der Waals surface area contributed by atoms with Gasteiger partial charge in [-0.05, 0) is 70.8 Å². The Morgan fingerprint density at radius 2 is 0.875 bits per heavy atom. The zero-order valence-corrected chi connectivity index (χ0v) is 30.3. The quantitative estimate of drug-likeness (QED) is 0.172. The average molecular weight is 716 g/mol. The van der Waals surface area contributed by atoms with Gasteiger partial charge in [-0.1, -0.05) is 146 Å². The predicted molar refractivity (Wildman–Crippen MR) is 231 cm³/mol. The number of fused-ring (bicyclic) bond motifs is 6. The van der Waals surface area contributed by atoms with E-state index in [0.717, 1.165) is 66.7 Å². The van der Waals surface area contributed by atoms with Crippen molar-refractivity contribution >= 4 is 43.7 Å². The van der Waals surface area contributed by atoms with Crippen molar-refractivity contribution in [2.24, 2.45) is 0 Å². The van der Waals surface area contributed by atoms with Crippen molar-refractivity contribution in [2.45, 2.75) is 0 Å². The number of hydrogen-bond acceptors (Lipinski definition) is 3. The maximum atomic E-state index is 6.69. The summed E-state index contributed by atoms with van der Waals surface area (Å²) < 4.78 is 9.05. The molecule has 11 rings (SSSR count). The van der Waals surface area contributed by atoms with Gasteiger partial charge in [-0.2, -0.15) is 0 Å². The molecule has 0 aliphatic carbocycles. The van der Waals surface area contributed by atoms with Gasteiger partial charge >= 0.3 is 0 Å². The summed E-state index contributed by atoms with van der Waals surface area (Å²) in [6.07, 6.45) is 0. The van der Waals surface area contributed by atoms with E-state index in [-0.39, 0.29) is 0 Å². The lowest BCUT2D eigenvalue weighted by Crippen LogP contribution is -1.96. The molecule has 262 valence electrons. The van der Waals surface area contributed by atoms with Gasteiger partial charge in [-0.3, -0.25) is 0 Å². The maximum absolute atomic E-state index is 6.69. The van der Waals surface area contributed by atoms with E-state index < -0.39 is 0 Å². The lowest BCUT2D eigenvalue weighted by molar-refractivity contribution is 0.668. The van der Waals surface area contributed by atoms with E-state index in [1.165, 1.54) is 33.0 Å². The Bertz CT molecular complexity index is 3070. The van der Waals surface area contributed by atoms with E-state index in [2.05, 4.69) is 156 Å². The standard InChI is InChI=1S/C52H33N3O/c1-5-14-34(15-6-1)38-24-28-47-43(30-38)44-31-39(35-16-7-2-8-17-35)25-29-48(44)55(47)40-26-27-41-50(32-40)56-49-23-13-22-42(51(41)49)52-53-45(36-18-9-3-10-19-36)33-46(54-52)37-20-11-4-12-21-37/h1-33H. The molecule has 0 fully saturated rings. The van der Waals surface area contributed by atoms with Crippen LogP contribution in [0.5, 0.6) is 0 Å². The molecule has 0 unspecified atom stereocenters. The molecule has 4 heteroatoms. The predicted octanol–water partition coefficient (Wildman–Crippen LogP) is 13.8. The highest BCUT2D eigenvalue weighted by Gasteiger charge is 2.20. The van der Waals surface area contributed by atoms with E-state index in [9.17, 15) is 0 Å². The van der Waals surface area contributed by atoms with E-state index in [1.807, 2.05) is 48.5 Å². The number of nitrogens with zero attached hydrogens (tertiary/aromatic N) is 3. The van der Waals surface area contributed by atoms with Crippen LogP contribution < -0.4 is 0 Å². The summed E-state index contributed by atoms with van der Waals surface area (Å²) in [6, 6.07) is 70.2. The molecule has 0 saturated heterocycles. The Hall–Kier alpha value is -7.56. The molecule has 11 aromatic rings. The van der Waals surface area contributed by atoms with Crippen molar-refractivity contribution in [1.82, 2.24) is 14.5 Å². The Balaban J connectivity index is 1.10. The fourth-order valence-electron chi connectivity index (χ4n) is 8.14. The molecular weight excluding hydrogens is 683 g/mol. The average Bonchev–Trinajstić information content (AvgIpc) is 3.82. The van der Waals surface area contributed by atoms with Crippen molar-refractivity contribution in [2.75, 3.05) is 0 Å². The molecule has 3 heterocycles. The summed E-state index contributed by atoms with van der Waals surface area (Å²) in [5.41, 5.74) is 14.5. The van der Waals surface area contributed by atoms with Crippen molar-refractivity contribution in [1.29, 1.82) is 0 Å². The third-order valence-corrected chi connectivity index (χ3v) is 10.8. The summed E-state index contributed by atoms with van der Waals surface area (Å²) in [6.45, 7) is 0. The van der Waals surface area contributed by atoms with Crippen LogP contribution in [0.3, 0.4) is 0 Å². The molecule has 3 aromatic heterocycles. The zero-order valence-electron chi connectivity index (χ0n) is 30.3. The number of hydrogen-bond donors (Lipinski definition) is 0. The number of rotatable bonds is 6. The Kier molecular flexibility index (Phi) is 7.46. The largest absolute Gasteiger partial charge is 0.456 e. The van der Waals surface area contributed by atoms with Crippen LogP contribution in [-0.2, 0) is 0 Å². The van der Waals surface area contributed by atoms with Crippen LogP contribution in [0.4, 0.5) is 0 Å². The van der Waals surface area contributed by atoms with Crippen molar-refractivity contribution in [3.8, 4) is 61.8 Å². The molecule has 0 N–H and O–H groups in total. The summed E-state index contributed by atoms with van der Waals surface area (Å²) in [7, 11) is 0. The fraction of sp³-hybridized carbons (Fsp3) is 0. The van der Waals surface area contributed by atoms with E-state index in [0.29, 0.717) is 5.82 Å². The monoisotopic (exact) mass is 715 g/mol. The van der Waals surface area contributed by atoms with Crippen LogP contribution in [0.2, 0.25) is 0 Å². The van der Waals surface area contributed by atoms with Gasteiger partial charge in [0.2, 0.25) is 0 Å². The van der Waals surface area contributed by atoms with Crippen LogP contribution in [-0.4, -0.2) is 14.5 Å². The van der Waals surface area contributed by atoms with E-state index >= 15 is 0 Å². The Morgan fingerprint density at radius 1 is 0.357 bits per heavy atom. The molecule has 0 spiro atoms. The van der Waals surface area contributed by atoms with Gasteiger partial charge in [0.05, 0.1) is 22.4 Å². The fourth-order valence-corrected chi connectivity index (χ4v) is 8.14. The van der Waals surface area contributed by atoms with Crippen LogP contribution in [0.1, 0.15) is 0 Å². The van der Waals surface area contributed by atoms with Gasteiger partial charge in [-0.15, -0.1) is 0 Å². The molecule has 0 bridgehead atoms. The molecule has 4 nitrogen and oxygen atoms in total. The summed E-state index contributed by atoms with van der Waals surface area (Å²) in [4.78, 5) is 10.3. The first-order valence-corrected chi connectivity index (χ1v) is 18.9. The van der Waals surface area contributed by atoms with Crippen molar-refractivity contribution in [3.05, 3.63) is 200 Å². The SMILES string of the molecule is c1ccc(-c2ccc3c(c2)c2cc(-c4ccccc4)ccc2n3-c2ccc3c(c2)oc2cccc(-c4nc(-c5ccccc5)cc(-c5ccccc5)n4)c23)cc1. The lowest BCUT2D eigenvalue weighted by atomic mass is 10.0. The highest BCUT2D eigenvalue weighted by atomic mass is 16.3. The van der Waals surface area contributed by atoms with Crippen LogP contribution in [0, 0.1) is 0 Å². The molecule has 0 atom stereocenters. The minimum absolute atomic E-state index is 0.661. The normalized spacial score (nSPS) is 11.6. The van der Waals surface area contributed by atoms with E-state index in [1.54, 1.807) is 0 Å². The van der Waals surface area contributed by atoms with Crippen molar-refractivity contribution < 1.29 is 4.42 Å². The molecule has 0 radical (unpaired) electrons. The van der Waals surface area contributed by atoms with Gasteiger partial charge in [0, 0.05) is 50.0 Å². The molecule has 0 saturated carbocycles. The Morgan fingerprint density at radius 3 is 1.41 bits per heavy atom. The van der Waals surface area contributed by atoms with Crippen LogP contribution >= 0.6 is 0 Å². The van der Waals surface area contributed by atoms with Crippen LogP contribution in [0.15, 0.2) is 205 Å². The van der Waals surface area contributed by atoms with Gasteiger partial charge < -0.3 is 8.98 Å². The zero-order chi connectivity index (χ0) is 37.0. The van der Waals surface area contributed by atoms with Gasteiger partial charge in [0.15, 0.2) is 5.82 Å². The molecular formula is C52H33N3O. The number of benzene rings is 8. The summed E-state index contributed by atoms with van der Waals surface area (Å²) in [5.74, 6) is 0.661. The topological polar surface area (TPSA) is 43.9 Å². The minimum atomic E-state index is 0.661. The summed E-state index contributed by atoms with van der Waals surface area (Å²) >= 11 is 0. The molecule has 0 amide bonds. The third kappa shape index (κ3) is 5.39. The van der Waals surface area contributed by atoms with Crippen LogP contribution in [0.25, 0.3) is 106 Å². The second-order valence-corrected chi connectivity index (χ2v) is 14.2. The van der Waals surface area contributed by atoms with Crippen molar-refractivity contribution in [3.63, 3.8) is 0 Å². The number of furan rings is 1. The first kappa shape index (κ1) is 31.9. The van der Waals surface area contributed by atoms with Gasteiger partial charge in [0.25, 0.3) is 0 Å². The second kappa shape index (κ2) is 13.1. The lowest BCUT2D eigenvalue weighted by Gasteiger charge is -2.10. The second-order valence-electron chi connectivity index (χ2n) is 14.2. The third-order valence-electron chi connectivity index (χ3n) is 10.8. The maximum Gasteiger partial charge on any atom is 0.161 e. The Labute approximate surface area is 323 Å². The molecule has 8 aromatic carbocycles. The number of aromatic nitrogens is 3. The minimum Gasteiger partial charge on any atom is -0.456 e. The van der Waals surface area contributed by atoms with Gasteiger partial charge in [0.1, 0.15) is 11.2 Å². The molecule has 56 heavy (non-hydrogen) atoms.